The standard InChI is InChI=1S/C14H18FNO3/c15-11-3-1-2-4-13(11)19-9-14(18)16-8-7-12(17)10-5-6-10/h1-4,10,12,17H,5-9H2,(H,16,18)/t12-/m1/s1. The number of para-hydroxylation sites is 1. The summed E-state index contributed by atoms with van der Waals surface area (Å²) < 4.78 is 18.3. The number of amides is 1. The molecule has 0 spiro atoms. The van der Waals surface area contributed by atoms with Crippen LogP contribution in [0.4, 0.5) is 4.39 Å². The van der Waals surface area contributed by atoms with Crippen molar-refractivity contribution in [1.82, 2.24) is 5.32 Å². The van der Waals surface area contributed by atoms with E-state index in [9.17, 15) is 14.3 Å². The smallest absolute Gasteiger partial charge is 0.257 e. The molecule has 1 amide bonds. The third-order valence-corrected chi connectivity index (χ3v) is 3.12. The first-order chi connectivity index (χ1) is 9.16. The van der Waals surface area contributed by atoms with Gasteiger partial charge in [0, 0.05) is 6.54 Å². The Morgan fingerprint density at radius 3 is 2.89 bits per heavy atom. The third kappa shape index (κ3) is 4.52. The molecule has 1 saturated carbocycles. The van der Waals surface area contributed by atoms with E-state index in [4.69, 9.17) is 4.74 Å². The Balaban J connectivity index is 1.63. The summed E-state index contributed by atoms with van der Waals surface area (Å²) in [5.74, 6) is -0.326. The molecule has 0 aromatic heterocycles. The second-order valence-corrected chi connectivity index (χ2v) is 4.76. The Kier molecular flexibility index (Phi) is 4.74. The molecule has 1 aromatic rings. The van der Waals surface area contributed by atoms with Crippen LogP contribution in [0.1, 0.15) is 19.3 Å². The van der Waals surface area contributed by atoms with Gasteiger partial charge < -0.3 is 15.2 Å². The summed E-state index contributed by atoms with van der Waals surface area (Å²) in [6, 6.07) is 5.95. The zero-order chi connectivity index (χ0) is 13.7. The summed E-state index contributed by atoms with van der Waals surface area (Å²) >= 11 is 0. The molecule has 19 heavy (non-hydrogen) atoms. The zero-order valence-electron chi connectivity index (χ0n) is 10.6. The van der Waals surface area contributed by atoms with Crippen LogP contribution in [0.2, 0.25) is 0 Å². The Morgan fingerprint density at radius 1 is 1.47 bits per heavy atom. The number of hydrogen-bond donors (Lipinski definition) is 2. The lowest BCUT2D eigenvalue weighted by Gasteiger charge is -2.10. The summed E-state index contributed by atoms with van der Waals surface area (Å²) in [4.78, 5) is 11.5. The molecule has 0 radical (unpaired) electrons. The number of ether oxygens (including phenoxy) is 1. The lowest BCUT2D eigenvalue weighted by molar-refractivity contribution is -0.123. The van der Waals surface area contributed by atoms with Crippen LogP contribution in [-0.4, -0.2) is 30.3 Å². The normalized spacial score (nSPS) is 15.9. The lowest BCUT2D eigenvalue weighted by atomic mass is 10.2. The van der Waals surface area contributed by atoms with E-state index < -0.39 is 5.82 Å². The number of hydrogen-bond acceptors (Lipinski definition) is 3. The Labute approximate surface area is 111 Å². The maximum absolute atomic E-state index is 13.2. The highest BCUT2D eigenvalue weighted by atomic mass is 19.1. The number of carbonyl (C=O) groups is 1. The van der Waals surface area contributed by atoms with Crippen molar-refractivity contribution in [3.63, 3.8) is 0 Å². The third-order valence-electron chi connectivity index (χ3n) is 3.12. The van der Waals surface area contributed by atoms with Gasteiger partial charge in [0.25, 0.3) is 5.91 Å². The van der Waals surface area contributed by atoms with E-state index in [1.807, 2.05) is 0 Å². The average molecular weight is 267 g/mol. The predicted molar refractivity (Wildman–Crippen MR) is 68.3 cm³/mol. The van der Waals surface area contributed by atoms with E-state index in [1.165, 1.54) is 12.1 Å². The molecule has 2 rings (SSSR count). The average Bonchev–Trinajstić information content (AvgIpc) is 3.22. The number of aliphatic hydroxyl groups is 1. The number of rotatable bonds is 7. The number of carbonyl (C=O) groups excluding carboxylic acids is 1. The van der Waals surface area contributed by atoms with Crippen LogP contribution in [0.3, 0.4) is 0 Å². The minimum atomic E-state index is -0.487. The fourth-order valence-corrected chi connectivity index (χ4v) is 1.83. The molecular formula is C14H18FNO3. The van der Waals surface area contributed by atoms with E-state index in [0.717, 1.165) is 12.8 Å². The molecule has 5 heteroatoms. The van der Waals surface area contributed by atoms with Crippen molar-refractivity contribution in [3.05, 3.63) is 30.1 Å². The van der Waals surface area contributed by atoms with Crippen LogP contribution in [-0.2, 0) is 4.79 Å². The number of benzene rings is 1. The maximum Gasteiger partial charge on any atom is 0.257 e. The zero-order valence-corrected chi connectivity index (χ0v) is 10.6. The Bertz CT molecular complexity index is 434. The van der Waals surface area contributed by atoms with E-state index in [2.05, 4.69) is 5.32 Å². The molecule has 1 atom stereocenters. The SMILES string of the molecule is O=C(COc1ccccc1F)NCC[C@@H](O)C1CC1. The van der Waals surface area contributed by atoms with Gasteiger partial charge in [-0.1, -0.05) is 12.1 Å². The van der Waals surface area contributed by atoms with Gasteiger partial charge in [-0.25, -0.2) is 4.39 Å². The first kappa shape index (κ1) is 13.8. The van der Waals surface area contributed by atoms with Crippen molar-refractivity contribution >= 4 is 5.91 Å². The van der Waals surface area contributed by atoms with Crippen LogP contribution < -0.4 is 10.1 Å². The molecule has 1 aliphatic carbocycles. The molecule has 0 aliphatic heterocycles. The summed E-state index contributed by atoms with van der Waals surface area (Å²) in [5.41, 5.74) is 0. The second-order valence-electron chi connectivity index (χ2n) is 4.76. The topological polar surface area (TPSA) is 58.6 Å². The van der Waals surface area contributed by atoms with Crippen molar-refractivity contribution in [3.8, 4) is 5.75 Å². The highest BCUT2D eigenvalue weighted by Gasteiger charge is 2.29. The summed E-state index contributed by atoms with van der Waals surface area (Å²) in [5, 5.41) is 12.3. The van der Waals surface area contributed by atoms with Crippen LogP contribution >= 0.6 is 0 Å². The van der Waals surface area contributed by atoms with Crippen LogP contribution in [0, 0.1) is 11.7 Å². The molecule has 1 aromatic carbocycles. The molecule has 4 nitrogen and oxygen atoms in total. The highest BCUT2D eigenvalue weighted by molar-refractivity contribution is 5.77. The van der Waals surface area contributed by atoms with Gasteiger partial charge in [0.15, 0.2) is 18.2 Å². The number of nitrogens with one attached hydrogen (secondary N) is 1. The number of aliphatic hydroxyl groups excluding tert-OH is 1. The van der Waals surface area contributed by atoms with Crippen molar-refractivity contribution in [1.29, 1.82) is 0 Å². The summed E-state index contributed by atoms with van der Waals surface area (Å²) in [6.07, 6.45) is 2.38. The predicted octanol–water partition coefficient (Wildman–Crippen LogP) is 1.48. The lowest BCUT2D eigenvalue weighted by Crippen LogP contribution is -2.31. The van der Waals surface area contributed by atoms with E-state index >= 15 is 0 Å². The van der Waals surface area contributed by atoms with Gasteiger partial charge in [0.2, 0.25) is 0 Å². The Hall–Kier alpha value is -1.62. The first-order valence-corrected chi connectivity index (χ1v) is 6.49. The fourth-order valence-electron chi connectivity index (χ4n) is 1.83. The fraction of sp³-hybridized carbons (Fsp3) is 0.500. The molecule has 0 saturated heterocycles. The molecule has 0 unspecified atom stereocenters. The van der Waals surface area contributed by atoms with Crippen LogP contribution in [0.15, 0.2) is 24.3 Å². The summed E-state index contributed by atoms with van der Waals surface area (Å²) in [6.45, 7) is 0.192. The molecular weight excluding hydrogens is 249 g/mol. The highest BCUT2D eigenvalue weighted by Crippen LogP contribution is 2.33. The van der Waals surface area contributed by atoms with Crippen molar-refractivity contribution in [2.75, 3.05) is 13.2 Å². The molecule has 0 heterocycles. The van der Waals surface area contributed by atoms with Gasteiger partial charge >= 0.3 is 0 Å². The van der Waals surface area contributed by atoms with Crippen LogP contribution in [0.25, 0.3) is 0 Å². The summed E-state index contributed by atoms with van der Waals surface area (Å²) in [7, 11) is 0. The molecule has 1 fully saturated rings. The van der Waals surface area contributed by atoms with Gasteiger partial charge in [0.05, 0.1) is 6.10 Å². The van der Waals surface area contributed by atoms with E-state index in [1.54, 1.807) is 12.1 Å². The number of halogens is 1. The quantitative estimate of drug-likeness (QED) is 0.786. The first-order valence-electron chi connectivity index (χ1n) is 6.49. The van der Waals surface area contributed by atoms with E-state index in [0.29, 0.717) is 18.9 Å². The molecule has 0 bridgehead atoms. The minimum Gasteiger partial charge on any atom is -0.481 e. The van der Waals surface area contributed by atoms with Gasteiger partial charge in [-0.05, 0) is 37.3 Å². The van der Waals surface area contributed by atoms with E-state index in [-0.39, 0.29) is 24.4 Å². The molecule has 104 valence electrons. The van der Waals surface area contributed by atoms with Crippen molar-refractivity contribution in [2.45, 2.75) is 25.4 Å². The monoisotopic (exact) mass is 267 g/mol. The van der Waals surface area contributed by atoms with Gasteiger partial charge in [0.1, 0.15) is 0 Å². The maximum atomic E-state index is 13.2. The van der Waals surface area contributed by atoms with Crippen LogP contribution in [0.5, 0.6) is 5.75 Å². The van der Waals surface area contributed by atoms with Gasteiger partial charge in [-0.3, -0.25) is 4.79 Å². The second kappa shape index (κ2) is 6.52. The van der Waals surface area contributed by atoms with Gasteiger partial charge in [-0.2, -0.15) is 0 Å². The van der Waals surface area contributed by atoms with Crippen molar-refractivity contribution in [2.24, 2.45) is 5.92 Å². The van der Waals surface area contributed by atoms with Crippen molar-refractivity contribution < 1.29 is 19.0 Å². The minimum absolute atomic E-state index is 0.0654. The van der Waals surface area contributed by atoms with Gasteiger partial charge in [-0.15, -0.1) is 0 Å². The molecule has 2 N–H and O–H groups in total. The molecule has 1 aliphatic rings. The largest absolute Gasteiger partial charge is 0.481 e. The Morgan fingerprint density at radius 2 is 2.21 bits per heavy atom.